The number of Topliss-reactive ketones (excluding diaryl/α,β-unsaturated/α-hetero) is 1. The first-order valence-electron chi connectivity index (χ1n) is 4.39. The van der Waals surface area contributed by atoms with Crippen LogP contribution in [0, 0.1) is 5.92 Å². The van der Waals surface area contributed by atoms with Gasteiger partial charge in [0.1, 0.15) is 0 Å². The molecule has 1 nitrogen and oxygen atoms in total. The van der Waals surface area contributed by atoms with Gasteiger partial charge in [-0.15, -0.1) is 0 Å². The largest absolute Gasteiger partial charge is 0.294 e. The van der Waals surface area contributed by atoms with Crippen LogP contribution >= 0.6 is 23.8 Å². The fourth-order valence-corrected chi connectivity index (χ4v) is 1.26. The van der Waals surface area contributed by atoms with Gasteiger partial charge in [-0.2, -0.15) is 0 Å². The zero-order valence-corrected chi connectivity index (χ0v) is 9.44. The third-order valence-corrected chi connectivity index (χ3v) is 2.75. The van der Waals surface area contributed by atoms with E-state index in [2.05, 4.69) is 0 Å². The van der Waals surface area contributed by atoms with Crippen LogP contribution in [0.4, 0.5) is 0 Å². The highest BCUT2D eigenvalue weighted by Gasteiger charge is 2.13. The molecule has 1 atom stereocenters. The Balaban J connectivity index is 2.64. The van der Waals surface area contributed by atoms with Crippen molar-refractivity contribution < 1.29 is 4.79 Å². The lowest BCUT2D eigenvalue weighted by atomic mass is 10.0. The first-order chi connectivity index (χ1) is 6.61. The van der Waals surface area contributed by atoms with E-state index in [9.17, 15) is 4.79 Å². The van der Waals surface area contributed by atoms with E-state index >= 15 is 0 Å². The molecule has 0 aliphatic heterocycles. The number of ketones is 1. The number of carbonyl (C=O) groups is 1. The molecule has 0 aliphatic rings. The molecule has 74 valence electrons. The van der Waals surface area contributed by atoms with E-state index in [1.54, 1.807) is 12.1 Å². The average molecular weight is 227 g/mol. The van der Waals surface area contributed by atoms with Gasteiger partial charge in [0, 0.05) is 17.9 Å². The van der Waals surface area contributed by atoms with Crippen molar-refractivity contribution in [1.82, 2.24) is 0 Å². The molecular formula is C11H11ClOS. The van der Waals surface area contributed by atoms with E-state index < -0.39 is 0 Å². The molecule has 0 heterocycles. The van der Waals surface area contributed by atoms with E-state index in [1.165, 1.54) is 0 Å². The minimum atomic E-state index is -0.0422. The Morgan fingerprint density at radius 3 is 2.50 bits per heavy atom. The topological polar surface area (TPSA) is 17.1 Å². The molecule has 0 amide bonds. The van der Waals surface area contributed by atoms with Crippen molar-refractivity contribution in [3.63, 3.8) is 0 Å². The third kappa shape index (κ3) is 3.20. The van der Waals surface area contributed by atoms with Gasteiger partial charge in [-0.25, -0.2) is 0 Å². The zero-order chi connectivity index (χ0) is 10.6. The van der Waals surface area contributed by atoms with Crippen LogP contribution in [0.25, 0.3) is 0 Å². The molecule has 0 saturated carbocycles. The van der Waals surface area contributed by atoms with Gasteiger partial charge in [0.25, 0.3) is 0 Å². The van der Waals surface area contributed by atoms with Crippen molar-refractivity contribution in [3.05, 3.63) is 35.9 Å². The number of rotatable bonds is 4. The predicted molar refractivity (Wildman–Crippen MR) is 63.0 cm³/mol. The first-order valence-corrected chi connectivity index (χ1v) is 5.17. The minimum Gasteiger partial charge on any atom is -0.294 e. The van der Waals surface area contributed by atoms with Gasteiger partial charge in [-0.1, -0.05) is 61.1 Å². The lowest BCUT2D eigenvalue weighted by Crippen LogP contribution is -2.09. The van der Waals surface area contributed by atoms with Crippen molar-refractivity contribution in [2.24, 2.45) is 5.92 Å². The Morgan fingerprint density at radius 2 is 2.00 bits per heavy atom. The SMILES string of the molecule is C[C@@H](CC(=O)c1ccccc1)C(=S)Cl. The minimum absolute atomic E-state index is 0.0422. The molecule has 1 aromatic rings. The molecule has 0 aliphatic carbocycles. The van der Waals surface area contributed by atoms with Crippen LogP contribution in [0.15, 0.2) is 30.3 Å². The predicted octanol–water partition coefficient (Wildman–Crippen LogP) is 3.46. The van der Waals surface area contributed by atoms with Gasteiger partial charge < -0.3 is 0 Å². The molecular weight excluding hydrogens is 216 g/mol. The number of hydrogen-bond donors (Lipinski definition) is 0. The van der Waals surface area contributed by atoms with Crippen LogP contribution < -0.4 is 0 Å². The summed E-state index contributed by atoms with van der Waals surface area (Å²) >= 11 is 10.4. The number of thiocarbonyl (C=S) groups is 1. The Kier molecular flexibility index (Phi) is 4.23. The van der Waals surface area contributed by atoms with Crippen LogP contribution in [-0.4, -0.2) is 10.1 Å². The fraction of sp³-hybridized carbons (Fsp3) is 0.273. The summed E-state index contributed by atoms with van der Waals surface area (Å²) in [6.07, 6.45) is 0.381. The molecule has 14 heavy (non-hydrogen) atoms. The molecule has 1 aromatic carbocycles. The number of carbonyl (C=O) groups excluding carboxylic acids is 1. The molecule has 1 rings (SSSR count). The van der Waals surface area contributed by atoms with Crippen LogP contribution in [0.3, 0.4) is 0 Å². The Morgan fingerprint density at radius 1 is 1.43 bits per heavy atom. The Labute approximate surface area is 94.1 Å². The molecule has 0 bridgehead atoms. The van der Waals surface area contributed by atoms with Crippen molar-refractivity contribution in [3.8, 4) is 0 Å². The molecule has 3 heteroatoms. The summed E-state index contributed by atoms with van der Waals surface area (Å²) in [5, 5.41) is 0. The summed E-state index contributed by atoms with van der Waals surface area (Å²) in [7, 11) is 0. The van der Waals surface area contributed by atoms with Gasteiger partial charge in [-0.3, -0.25) is 4.79 Å². The normalized spacial score (nSPS) is 12.1. The average Bonchev–Trinajstić information content (AvgIpc) is 2.19. The summed E-state index contributed by atoms with van der Waals surface area (Å²) in [6.45, 7) is 1.86. The Bertz CT molecular complexity index is 334. The van der Waals surface area contributed by atoms with Crippen LogP contribution in [-0.2, 0) is 0 Å². The summed E-state index contributed by atoms with van der Waals surface area (Å²) in [5.74, 6) is 0.0421. The van der Waals surface area contributed by atoms with Crippen molar-refractivity contribution >= 4 is 33.9 Å². The van der Waals surface area contributed by atoms with E-state index in [0.29, 0.717) is 16.3 Å². The van der Waals surface area contributed by atoms with E-state index in [0.717, 1.165) is 0 Å². The van der Waals surface area contributed by atoms with E-state index in [1.807, 2.05) is 25.1 Å². The van der Waals surface area contributed by atoms with Crippen molar-refractivity contribution in [1.29, 1.82) is 0 Å². The highest BCUT2D eigenvalue weighted by atomic mass is 35.5. The monoisotopic (exact) mass is 226 g/mol. The fourth-order valence-electron chi connectivity index (χ4n) is 1.10. The van der Waals surface area contributed by atoms with E-state index in [4.69, 9.17) is 23.8 Å². The number of halogens is 1. The Hall–Kier alpha value is -0.730. The number of benzene rings is 1. The highest BCUT2D eigenvalue weighted by Crippen LogP contribution is 2.13. The smallest absolute Gasteiger partial charge is 0.163 e. The number of hydrogen-bond acceptors (Lipinski definition) is 2. The van der Waals surface area contributed by atoms with Gasteiger partial charge in [0.05, 0.1) is 4.32 Å². The molecule has 0 fully saturated rings. The maximum atomic E-state index is 11.6. The van der Waals surface area contributed by atoms with E-state index in [-0.39, 0.29) is 11.7 Å². The summed E-state index contributed by atoms with van der Waals surface area (Å²) in [4.78, 5) is 11.6. The van der Waals surface area contributed by atoms with Gasteiger partial charge in [0.2, 0.25) is 0 Å². The summed E-state index contributed by atoms with van der Waals surface area (Å²) in [6, 6.07) is 9.17. The second kappa shape index (κ2) is 5.23. The lowest BCUT2D eigenvalue weighted by Gasteiger charge is -2.06. The highest BCUT2D eigenvalue weighted by molar-refractivity contribution is 7.83. The van der Waals surface area contributed by atoms with Crippen molar-refractivity contribution in [2.45, 2.75) is 13.3 Å². The second-order valence-corrected chi connectivity index (χ2v) is 4.27. The van der Waals surface area contributed by atoms with Gasteiger partial charge >= 0.3 is 0 Å². The third-order valence-electron chi connectivity index (χ3n) is 1.97. The summed E-state index contributed by atoms with van der Waals surface area (Å²) < 4.78 is 0.370. The molecule has 0 spiro atoms. The van der Waals surface area contributed by atoms with Crippen LogP contribution in [0.2, 0.25) is 0 Å². The van der Waals surface area contributed by atoms with Gasteiger partial charge in [-0.05, 0) is 0 Å². The standard InChI is InChI=1S/C11H11ClOS/c1-8(11(12)14)7-10(13)9-5-3-2-4-6-9/h2-6,8H,7H2,1H3/t8-/m0/s1. The first kappa shape index (κ1) is 11.3. The van der Waals surface area contributed by atoms with Gasteiger partial charge in [0.15, 0.2) is 5.78 Å². The molecule has 0 saturated heterocycles. The van der Waals surface area contributed by atoms with Crippen LogP contribution in [0.1, 0.15) is 23.7 Å². The quantitative estimate of drug-likeness (QED) is 0.444. The van der Waals surface area contributed by atoms with Crippen molar-refractivity contribution in [2.75, 3.05) is 0 Å². The maximum absolute atomic E-state index is 11.6. The lowest BCUT2D eigenvalue weighted by molar-refractivity contribution is 0.0975. The van der Waals surface area contributed by atoms with Crippen LogP contribution in [0.5, 0.6) is 0 Å². The molecule has 0 unspecified atom stereocenters. The second-order valence-electron chi connectivity index (χ2n) is 3.20. The molecule has 0 radical (unpaired) electrons. The summed E-state index contributed by atoms with van der Waals surface area (Å²) in [5.41, 5.74) is 0.715. The molecule has 0 aromatic heterocycles. The molecule has 0 N–H and O–H groups in total. The maximum Gasteiger partial charge on any atom is 0.163 e. The zero-order valence-electron chi connectivity index (χ0n) is 7.87.